The zero-order valence-electron chi connectivity index (χ0n) is 15.0. The number of alkyl halides is 2. The van der Waals surface area contributed by atoms with Crippen molar-refractivity contribution in [3.8, 4) is 11.5 Å². The van der Waals surface area contributed by atoms with Gasteiger partial charge in [0.2, 0.25) is 0 Å². The van der Waals surface area contributed by atoms with Crippen LogP contribution in [0.3, 0.4) is 0 Å². The first kappa shape index (κ1) is 19.4. The lowest BCUT2D eigenvalue weighted by molar-refractivity contribution is 0.0947. The summed E-state index contributed by atoms with van der Waals surface area (Å²) in [5.74, 6) is -1.65. The van der Waals surface area contributed by atoms with E-state index < -0.39 is 11.7 Å². The van der Waals surface area contributed by atoms with Crippen molar-refractivity contribution in [2.45, 2.75) is 43.7 Å². The van der Waals surface area contributed by atoms with E-state index in [1.54, 1.807) is 6.07 Å². The fraction of sp³-hybridized carbons (Fsp3) is 0.368. The second-order valence-electron chi connectivity index (χ2n) is 6.05. The third-order valence-corrected chi connectivity index (χ3v) is 4.76. The Bertz CT molecular complexity index is 833. The Labute approximate surface area is 160 Å². The first-order valence-corrected chi connectivity index (χ1v) is 9.49. The minimum atomic E-state index is -2.65. The summed E-state index contributed by atoms with van der Waals surface area (Å²) in [6.45, 7) is 4.56. The molecular formula is C19H20F2N2O3S. The van der Waals surface area contributed by atoms with Crippen LogP contribution in [0.4, 0.5) is 8.78 Å². The predicted octanol–water partition coefficient (Wildman–Crippen LogP) is 4.05. The molecular weight excluding hydrogens is 374 g/mol. The molecule has 8 heteroatoms. The summed E-state index contributed by atoms with van der Waals surface area (Å²) in [5, 5.41) is 2.76. The number of carbonyl (C=O) groups excluding carboxylic acids is 1. The van der Waals surface area contributed by atoms with Gasteiger partial charge in [-0.1, -0.05) is 0 Å². The number of carbonyl (C=O) groups is 1. The van der Waals surface area contributed by atoms with Gasteiger partial charge in [0.15, 0.2) is 0 Å². The Balaban J connectivity index is 1.77. The standard InChI is InChI=1S/C19H20F2N2O3S/c1-3-25-15-8-12-7-11(2)26-16(12)9-13(15)10-23-17(24)14-5-4-6-22-18(14)27-19(20)21/h4-6,8-9,11,19H,3,7,10H2,1-2H3,(H,23,24)/t11-/m1/s1. The van der Waals surface area contributed by atoms with Gasteiger partial charge in [-0.25, -0.2) is 4.98 Å². The Kier molecular flexibility index (Phi) is 6.15. The highest BCUT2D eigenvalue weighted by Gasteiger charge is 2.22. The number of thioether (sulfide) groups is 1. The molecule has 0 fully saturated rings. The highest BCUT2D eigenvalue weighted by Crippen LogP contribution is 2.35. The number of hydrogen-bond donors (Lipinski definition) is 1. The molecule has 0 saturated heterocycles. The monoisotopic (exact) mass is 394 g/mol. The number of ether oxygens (including phenoxy) is 2. The Hall–Kier alpha value is -2.35. The molecule has 1 aromatic heterocycles. The van der Waals surface area contributed by atoms with Crippen molar-refractivity contribution in [1.82, 2.24) is 10.3 Å². The number of benzene rings is 1. The molecule has 0 radical (unpaired) electrons. The topological polar surface area (TPSA) is 60.5 Å². The normalized spacial score (nSPS) is 15.4. The van der Waals surface area contributed by atoms with E-state index in [0.29, 0.717) is 12.4 Å². The highest BCUT2D eigenvalue weighted by molar-refractivity contribution is 7.99. The maximum atomic E-state index is 12.7. The molecule has 1 amide bonds. The minimum Gasteiger partial charge on any atom is -0.494 e. The summed E-state index contributed by atoms with van der Waals surface area (Å²) < 4.78 is 36.8. The molecule has 1 atom stereocenters. The average Bonchev–Trinajstić information content (AvgIpc) is 2.98. The summed E-state index contributed by atoms with van der Waals surface area (Å²) >= 11 is 0.253. The molecule has 1 aromatic carbocycles. The number of rotatable bonds is 7. The number of amides is 1. The molecule has 27 heavy (non-hydrogen) atoms. The summed E-state index contributed by atoms with van der Waals surface area (Å²) in [5.41, 5.74) is 1.96. The van der Waals surface area contributed by atoms with Gasteiger partial charge in [-0.3, -0.25) is 4.79 Å². The lowest BCUT2D eigenvalue weighted by Crippen LogP contribution is -2.24. The van der Waals surface area contributed by atoms with Crippen molar-refractivity contribution in [3.63, 3.8) is 0 Å². The van der Waals surface area contributed by atoms with Crippen LogP contribution in [-0.4, -0.2) is 29.4 Å². The van der Waals surface area contributed by atoms with Crippen LogP contribution in [0.25, 0.3) is 0 Å². The van der Waals surface area contributed by atoms with Gasteiger partial charge >= 0.3 is 0 Å². The molecule has 3 rings (SSSR count). The van der Waals surface area contributed by atoms with Crippen molar-refractivity contribution in [1.29, 1.82) is 0 Å². The summed E-state index contributed by atoms with van der Waals surface area (Å²) in [7, 11) is 0. The summed E-state index contributed by atoms with van der Waals surface area (Å²) in [6.07, 6.45) is 2.29. The van der Waals surface area contributed by atoms with Crippen LogP contribution in [-0.2, 0) is 13.0 Å². The van der Waals surface area contributed by atoms with E-state index in [0.717, 1.165) is 23.3 Å². The molecule has 0 saturated carbocycles. The molecule has 144 valence electrons. The molecule has 0 bridgehead atoms. The van der Waals surface area contributed by atoms with Gasteiger partial charge in [0.05, 0.1) is 12.2 Å². The van der Waals surface area contributed by atoms with Crippen LogP contribution in [0, 0.1) is 0 Å². The molecule has 1 N–H and O–H groups in total. The Morgan fingerprint density at radius 2 is 2.30 bits per heavy atom. The van der Waals surface area contributed by atoms with Gasteiger partial charge in [-0.15, -0.1) is 0 Å². The SMILES string of the molecule is CCOc1cc2c(cc1CNC(=O)c1cccnc1SC(F)F)O[C@H](C)C2. The van der Waals surface area contributed by atoms with Gasteiger partial charge in [0, 0.05) is 30.3 Å². The zero-order chi connectivity index (χ0) is 19.4. The smallest absolute Gasteiger partial charge is 0.290 e. The van der Waals surface area contributed by atoms with Gasteiger partial charge in [-0.2, -0.15) is 8.78 Å². The predicted molar refractivity (Wildman–Crippen MR) is 98.7 cm³/mol. The van der Waals surface area contributed by atoms with Crippen molar-refractivity contribution in [3.05, 3.63) is 47.2 Å². The van der Waals surface area contributed by atoms with Gasteiger partial charge < -0.3 is 14.8 Å². The summed E-state index contributed by atoms with van der Waals surface area (Å²) in [4.78, 5) is 16.4. The average molecular weight is 394 g/mol. The van der Waals surface area contributed by atoms with E-state index in [9.17, 15) is 13.6 Å². The molecule has 2 heterocycles. The zero-order valence-corrected chi connectivity index (χ0v) is 15.8. The van der Waals surface area contributed by atoms with E-state index in [1.807, 2.05) is 26.0 Å². The number of fused-ring (bicyclic) bond motifs is 1. The molecule has 2 aromatic rings. The van der Waals surface area contributed by atoms with E-state index in [1.165, 1.54) is 12.3 Å². The van der Waals surface area contributed by atoms with E-state index >= 15 is 0 Å². The van der Waals surface area contributed by atoms with Crippen molar-refractivity contribution in [2.24, 2.45) is 0 Å². The van der Waals surface area contributed by atoms with Crippen molar-refractivity contribution < 1.29 is 23.0 Å². The molecule has 0 spiro atoms. The number of pyridine rings is 1. The molecule has 1 aliphatic heterocycles. The van der Waals surface area contributed by atoms with Gasteiger partial charge in [-0.05, 0) is 49.9 Å². The second-order valence-corrected chi connectivity index (χ2v) is 7.03. The number of aromatic nitrogens is 1. The fourth-order valence-corrected chi connectivity index (χ4v) is 3.50. The van der Waals surface area contributed by atoms with Crippen molar-refractivity contribution >= 4 is 17.7 Å². The Morgan fingerprint density at radius 3 is 3.04 bits per heavy atom. The van der Waals surface area contributed by atoms with E-state index in [-0.39, 0.29) is 35.0 Å². The third-order valence-electron chi connectivity index (χ3n) is 4.03. The fourth-order valence-electron chi connectivity index (χ4n) is 2.92. The largest absolute Gasteiger partial charge is 0.494 e. The van der Waals surface area contributed by atoms with Crippen LogP contribution in [0.5, 0.6) is 11.5 Å². The molecule has 0 aliphatic carbocycles. The maximum Gasteiger partial charge on any atom is 0.290 e. The quantitative estimate of drug-likeness (QED) is 0.718. The molecule has 5 nitrogen and oxygen atoms in total. The molecule has 1 aliphatic rings. The third kappa shape index (κ3) is 4.68. The lowest BCUT2D eigenvalue weighted by Gasteiger charge is -2.14. The summed E-state index contributed by atoms with van der Waals surface area (Å²) in [6, 6.07) is 6.82. The number of hydrogen-bond acceptors (Lipinski definition) is 5. The van der Waals surface area contributed by atoms with Gasteiger partial charge in [0.1, 0.15) is 22.6 Å². The van der Waals surface area contributed by atoms with Crippen LogP contribution < -0.4 is 14.8 Å². The van der Waals surface area contributed by atoms with Crippen LogP contribution in [0.2, 0.25) is 0 Å². The second kappa shape index (κ2) is 8.56. The minimum absolute atomic E-state index is 0.00106. The number of nitrogens with zero attached hydrogens (tertiary/aromatic N) is 1. The van der Waals surface area contributed by atoms with Gasteiger partial charge in [0.25, 0.3) is 11.7 Å². The number of halogens is 2. The van der Waals surface area contributed by atoms with Crippen molar-refractivity contribution in [2.75, 3.05) is 6.61 Å². The van der Waals surface area contributed by atoms with Crippen LogP contribution in [0.1, 0.15) is 35.3 Å². The number of nitrogens with one attached hydrogen (secondary N) is 1. The van der Waals surface area contributed by atoms with Crippen LogP contribution in [0.15, 0.2) is 35.5 Å². The lowest BCUT2D eigenvalue weighted by atomic mass is 10.1. The molecule has 0 unspecified atom stereocenters. The Morgan fingerprint density at radius 1 is 1.48 bits per heavy atom. The van der Waals surface area contributed by atoms with Crippen LogP contribution >= 0.6 is 11.8 Å². The first-order valence-electron chi connectivity index (χ1n) is 8.61. The highest BCUT2D eigenvalue weighted by atomic mass is 32.2. The van der Waals surface area contributed by atoms with E-state index in [2.05, 4.69) is 10.3 Å². The first-order chi connectivity index (χ1) is 13.0. The maximum absolute atomic E-state index is 12.7. The van der Waals surface area contributed by atoms with E-state index in [4.69, 9.17) is 9.47 Å².